The third-order valence-corrected chi connectivity index (χ3v) is 5.19. The first-order chi connectivity index (χ1) is 14.3. The number of carbonyl (C=O) groups excluding carboxylic acids is 1. The highest BCUT2D eigenvalue weighted by atomic mass is 19.4. The normalized spacial score (nSPS) is 17.3. The third kappa shape index (κ3) is 4.24. The van der Waals surface area contributed by atoms with Gasteiger partial charge in [-0.05, 0) is 43.2 Å². The van der Waals surface area contributed by atoms with E-state index in [2.05, 4.69) is 9.97 Å². The molecule has 30 heavy (non-hydrogen) atoms. The number of hydrogen-bond acceptors (Lipinski definition) is 3. The van der Waals surface area contributed by atoms with Crippen molar-refractivity contribution >= 4 is 16.9 Å². The van der Waals surface area contributed by atoms with Gasteiger partial charge in [0.05, 0.1) is 11.0 Å². The molecule has 4 rings (SSSR count). The van der Waals surface area contributed by atoms with Crippen molar-refractivity contribution < 1.29 is 27.1 Å². The highest BCUT2D eigenvalue weighted by molar-refractivity contribution is 5.78. The van der Waals surface area contributed by atoms with Crippen LogP contribution in [0.3, 0.4) is 0 Å². The molecule has 1 N–H and O–H groups in total. The van der Waals surface area contributed by atoms with Crippen molar-refractivity contribution in [3.05, 3.63) is 59.7 Å². The Kier molecular flexibility index (Phi) is 5.36. The van der Waals surface area contributed by atoms with Crippen molar-refractivity contribution in [1.29, 1.82) is 0 Å². The van der Waals surface area contributed by atoms with Crippen molar-refractivity contribution in [2.75, 3.05) is 19.7 Å². The van der Waals surface area contributed by atoms with E-state index in [4.69, 9.17) is 4.74 Å². The predicted molar refractivity (Wildman–Crippen MR) is 102 cm³/mol. The number of alkyl halides is 3. The molecule has 1 fully saturated rings. The molecule has 3 heterocycles. The maximum absolute atomic E-state index is 13.6. The van der Waals surface area contributed by atoms with E-state index >= 15 is 0 Å². The van der Waals surface area contributed by atoms with Crippen LogP contribution < -0.4 is 4.74 Å². The van der Waals surface area contributed by atoms with Gasteiger partial charge < -0.3 is 14.6 Å². The van der Waals surface area contributed by atoms with Crippen LogP contribution in [-0.4, -0.2) is 40.5 Å². The molecule has 2 aromatic heterocycles. The maximum atomic E-state index is 13.6. The molecule has 1 amide bonds. The number of nitrogens with zero attached hydrogens (tertiary/aromatic N) is 2. The van der Waals surface area contributed by atoms with Crippen molar-refractivity contribution in [3.63, 3.8) is 0 Å². The minimum Gasteiger partial charge on any atom is -0.481 e. The first-order valence-electron chi connectivity index (χ1n) is 9.53. The number of nitrogens with one attached hydrogen (secondary N) is 1. The molecular weight excluding hydrogens is 402 g/mol. The fraction of sp³-hybridized carbons (Fsp3) is 0.333. The number of H-pyrrole nitrogens is 1. The summed E-state index contributed by atoms with van der Waals surface area (Å²) in [6, 6.07) is 9.78. The van der Waals surface area contributed by atoms with Gasteiger partial charge in [0, 0.05) is 24.7 Å². The molecular formula is C21H19F4N3O2. The van der Waals surface area contributed by atoms with Gasteiger partial charge >= 0.3 is 6.18 Å². The maximum Gasteiger partial charge on any atom is 0.433 e. The van der Waals surface area contributed by atoms with Gasteiger partial charge in [-0.2, -0.15) is 13.2 Å². The Morgan fingerprint density at radius 3 is 2.80 bits per heavy atom. The molecule has 0 saturated carbocycles. The molecule has 0 unspecified atom stereocenters. The number of halogens is 4. The summed E-state index contributed by atoms with van der Waals surface area (Å²) in [5.41, 5.74) is 0.561. The monoisotopic (exact) mass is 421 g/mol. The fourth-order valence-electron chi connectivity index (χ4n) is 3.66. The largest absolute Gasteiger partial charge is 0.481 e. The van der Waals surface area contributed by atoms with Gasteiger partial charge in [0.25, 0.3) is 5.91 Å². The van der Waals surface area contributed by atoms with Crippen LogP contribution in [0.25, 0.3) is 11.0 Å². The number of fused-ring (bicyclic) bond motifs is 1. The van der Waals surface area contributed by atoms with Crippen molar-refractivity contribution in [2.24, 2.45) is 0 Å². The smallest absolute Gasteiger partial charge is 0.433 e. The van der Waals surface area contributed by atoms with Crippen LogP contribution in [0.5, 0.6) is 5.75 Å². The second kappa shape index (κ2) is 7.97. The Labute approximate surface area is 169 Å². The Morgan fingerprint density at radius 1 is 1.23 bits per heavy atom. The molecule has 1 atom stereocenters. The SMILES string of the molecule is O=C(COc1ccccc1F)N1CCC[C@@H](c2cc3nc(C(F)(F)F)ccc3[nH]2)C1. The second-order valence-corrected chi connectivity index (χ2v) is 7.25. The predicted octanol–water partition coefficient (Wildman–Crippen LogP) is 4.51. The molecule has 1 aliphatic heterocycles. The number of amides is 1. The first kappa shape index (κ1) is 20.2. The van der Waals surface area contributed by atoms with E-state index in [1.165, 1.54) is 24.3 Å². The topological polar surface area (TPSA) is 58.2 Å². The Bertz CT molecular complexity index is 1060. The number of aromatic nitrogens is 2. The average molecular weight is 421 g/mol. The van der Waals surface area contributed by atoms with E-state index in [1.807, 2.05) is 0 Å². The van der Waals surface area contributed by atoms with Crippen LogP contribution in [0.15, 0.2) is 42.5 Å². The molecule has 5 nitrogen and oxygen atoms in total. The summed E-state index contributed by atoms with van der Waals surface area (Å²) in [6.45, 7) is 0.669. The van der Waals surface area contributed by atoms with Crippen molar-refractivity contribution in [2.45, 2.75) is 24.9 Å². The standard InChI is InChI=1S/C21H19F4N3O2/c22-14-5-1-2-6-18(14)30-12-20(29)28-9-3-4-13(11-28)16-10-17-15(26-16)7-8-19(27-17)21(23,24)25/h1-2,5-8,10,13,26H,3-4,9,11-12H2/t13-/m1/s1. The van der Waals surface area contributed by atoms with Gasteiger partial charge in [0.15, 0.2) is 18.2 Å². The Morgan fingerprint density at radius 2 is 2.03 bits per heavy atom. The first-order valence-corrected chi connectivity index (χ1v) is 9.53. The van der Waals surface area contributed by atoms with E-state index < -0.39 is 17.7 Å². The molecule has 0 aliphatic carbocycles. The van der Waals surface area contributed by atoms with E-state index in [1.54, 1.807) is 17.0 Å². The summed E-state index contributed by atoms with van der Waals surface area (Å²) in [5, 5.41) is 0. The van der Waals surface area contributed by atoms with Crippen LogP contribution in [-0.2, 0) is 11.0 Å². The number of pyridine rings is 1. The van der Waals surface area contributed by atoms with Gasteiger partial charge in [0.1, 0.15) is 5.69 Å². The van der Waals surface area contributed by atoms with E-state index in [9.17, 15) is 22.4 Å². The summed E-state index contributed by atoms with van der Waals surface area (Å²) < 4.78 is 57.6. The lowest BCUT2D eigenvalue weighted by Gasteiger charge is -2.32. The lowest BCUT2D eigenvalue weighted by Crippen LogP contribution is -2.41. The number of para-hydroxylation sites is 1. The summed E-state index contributed by atoms with van der Waals surface area (Å²) in [4.78, 5) is 21.0. The lowest BCUT2D eigenvalue weighted by molar-refractivity contribution is -0.141. The zero-order chi connectivity index (χ0) is 21.3. The molecule has 1 saturated heterocycles. The number of hydrogen-bond donors (Lipinski definition) is 1. The van der Waals surface area contributed by atoms with E-state index in [-0.39, 0.29) is 29.7 Å². The number of piperidine rings is 1. The van der Waals surface area contributed by atoms with Crippen LogP contribution >= 0.6 is 0 Å². The van der Waals surface area contributed by atoms with Gasteiger partial charge in [0.2, 0.25) is 0 Å². The van der Waals surface area contributed by atoms with Crippen LogP contribution in [0.4, 0.5) is 17.6 Å². The molecule has 3 aromatic rings. The number of aromatic amines is 1. The van der Waals surface area contributed by atoms with E-state index in [0.717, 1.165) is 24.6 Å². The van der Waals surface area contributed by atoms with Crippen LogP contribution in [0.2, 0.25) is 0 Å². The fourth-order valence-corrected chi connectivity index (χ4v) is 3.66. The van der Waals surface area contributed by atoms with Crippen LogP contribution in [0.1, 0.15) is 30.1 Å². The van der Waals surface area contributed by atoms with Crippen LogP contribution in [0, 0.1) is 5.82 Å². The second-order valence-electron chi connectivity index (χ2n) is 7.25. The van der Waals surface area contributed by atoms with Gasteiger partial charge in [-0.3, -0.25) is 4.79 Å². The quantitative estimate of drug-likeness (QED) is 0.631. The summed E-state index contributed by atoms with van der Waals surface area (Å²) >= 11 is 0. The minimum absolute atomic E-state index is 0.0153. The summed E-state index contributed by atoms with van der Waals surface area (Å²) in [7, 11) is 0. The average Bonchev–Trinajstić information content (AvgIpc) is 3.16. The highest BCUT2D eigenvalue weighted by Gasteiger charge is 2.33. The highest BCUT2D eigenvalue weighted by Crippen LogP contribution is 2.32. The molecule has 1 aromatic carbocycles. The number of likely N-dealkylation sites (tertiary alicyclic amines) is 1. The van der Waals surface area contributed by atoms with E-state index in [0.29, 0.717) is 18.6 Å². The molecule has 0 spiro atoms. The van der Waals surface area contributed by atoms with Gasteiger partial charge in [-0.1, -0.05) is 12.1 Å². The number of rotatable bonds is 4. The molecule has 0 bridgehead atoms. The zero-order valence-corrected chi connectivity index (χ0v) is 15.9. The van der Waals surface area contributed by atoms with Crippen molar-refractivity contribution in [3.8, 4) is 5.75 Å². The van der Waals surface area contributed by atoms with Gasteiger partial charge in [-0.25, -0.2) is 9.37 Å². The van der Waals surface area contributed by atoms with Crippen molar-refractivity contribution in [1.82, 2.24) is 14.9 Å². The molecule has 1 aliphatic rings. The summed E-state index contributed by atoms with van der Waals surface area (Å²) in [6.07, 6.45) is -2.97. The Hall–Kier alpha value is -3.10. The zero-order valence-electron chi connectivity index (χ0n) is 15.9. The molecule has 0 radical (unpaired) electrons. The molecule has 158 valence electrons. The molecule has 9 heteroatoms. The summed E-state index contributed by atoms with van der Waals surface area (Å²) in [5.74, 6) is -0.844. The lowest BCUT2D eigenvalue weighted by atomic mass is 9.95. The van der Waals surface area contributed by atoms with Gasteiger partial charge in [-0.15, -0.1) is 0 Å². The Balaban J connectivity index is 1.44. The minimum atomic E-state index is -4.50. The number of benzene rings is 1. The number of ether oxygens (including phenoxy) is 1. The third-order valence-electron chi connectivity index (χ3n) is 5.19. The number of carbonyl (C=O) groups is 1.